The molecule has 1 saturated heterocycles. The van der Waals surface area contributed by atoms with Crippen LogP contribution in [0.4, 0.5) is 10.1 Å². The summed E-state index contributed by atoms with van der Waals surface area (Å²) in [4.78, 5) is 21.3. The zero-order chi connectivity index (χ0) is 16.5. The van der Waals surface area contributed by atoms with Crippen molar-refractivity contribution in [2.75, 3.05) is 18.0 Å². The molecule has 0 amide bonds. The quantitative estimate of drug-likeness (QED) is 0.727. The number of carboxylic acids is 2. The number of hydrogen-bond donors (Lipinski definition) is 3. The van der Waals surface area contributed by atoms with Gasteiger partial charge in [-0.1, -0.05) is 6.07 Å². The first-order valence-corrected chi connectivity index (χ1v) is 6.80. The first-order chi connectivity index (χ1) is 10.4. The second-order valence-corrected chi connectivity index (χ2v) is 4.71. The fraction of sp³-hybridized carbons (Fsp3) is 0.333. The van der Waals surface area contributed by atoms with E-state index in [-0.39, 0.29) is 5.82 Å². The van der Waals surface area contributed by atoms with Gasteiger partial charge in [-0.2, -0.15) is 0 Å². The number of carboxylic acid groups (broad SMARTS) is 2. The van der Waals surface area contributed by atoms with Crippen molar-refractivity contribution in [2.24, 2.45) is 5.73 Å². The molecule has 1 aliphatic heterocycles. The number of carbonyl (C=O) groups is 2. The van der Waals surface area contributed by atoms with E-state index in [1.54, 1.807) is 12.1 Å². The minimum absolute atomic E-state index is 0.176. The Morgan fingerprint density at radius 1 is 1.32 bits per heavy atom. The molecule has 0 spiro atoms. The van der Waals surface area contributed by atoms with Gasteiger partial charge in [0.2, 0.25) is 0 Å². The summed E-state index contributed by atoms with van der Waals surface area (Å²) in [7, 11) is 0. The third-order valence-corrected chi connectivity index (χ3v) is 3.16. The number of nitrogens with zero attached hydrogens (tertiary/aromatic N) is 1. The lowest BCUT2D eigenvalue weighted by molar-refractivity contribution is -0.134. The predicted molar refractivity (Wildman–Crippen MR) is 80.2 cm³/mol. The van der Waals surface area contributed by atoms with E-state index in [1.165, 1.54) is 6.07 Å². The largest absolute Gasteiger partial charge is 0.478 e. The van der Waals surface area contributed by atoms with Gasteiger partial charge >= 0.3 is 11.9 Å². The average Bonchev–Trinajstić information content (AvgIpc) is 2.94. The van der Waals surface area contributed by atoms with Crippen molar-refractivity contribution in [2.45, 2.75) is 18.9 Å². The molecule has 0 aromatic heterocycles. The zero-order valence-corrected chi connectivity index (χ0v) is 12.0. The highest BCUT2D eigenvalue weighted by Crippen LogP contribution is 2.25. The minimum atomic E-state index is -1.26. The van der Waals surface area contributed by atoms with Gasteiger partial charge in [0.1, 0.15) is 5.82 Å². The molecule has 0 aliphatic carbocycles. The van der Waals surface area contributed by atoms with Gasteiger partial charge in [0, 0.05) is 37.0 Å². The smallest absolute Gasteiger partial charge is 0.328 e. The molecular weight excluding hydrogens is 291 g/mol. The van der Waals surface area contributed by atoms with Crippen LogP contribution < -0.4 is 10.6 Å². The third kappa shape index (κ3) is 5.92. The highest BCUT2D eigenvalue weighted by atomic mass is 19.1. The van der Waals surface area contributed by atoms with Crippen molar-refractivity contribution in [3.8, 4) is 0 Å². The Morgan fingerprint density at radius 3 is 2.45 bits per heavy atom. The normalized spacial score (nSPS) is 17.2. The first kappa shape index (κ1) is 17.6. The lowest BCUT2D eigenvalue weighted by Crippen LogP contribution is -2.35. The molecule has 2 rings (SSSR count). The topological polar surface area (TPSA) is 104 Å². The zero-order valence-electron chi connectivity index (χ0n) is 12.0. The van der Waals surface area contributed by atoms with E-state index < -0.39 is 11.9 Å². The molecule has 22 heavy (non-hydrogen) atoms. The molecule has 1 aliphatic rings. The van der Waals surface area contributed by atoms with Gasteiger partial charge in [0.15, 0.2) is 0 Å². The van der Waals surface area contributed by atoms with Gasteiger partial charge in [-0.15, -0.1) is 0 Å². The fourth-order valence-electron chi connectivity index (χ4n) is 2.22. The number of nitrogens with two attached hydrogens (primary N) is 1. The molecule has 1 atom stereocenters. The van der Waals surface area contributed by atoms with E-state index in [2.05, 4.69) is 4.90 Å². The third-order valence-electron chi connectivity index (χ3n) is 3.16. The van der Waals surface area contributed by atoms with E-state index >= 15 is 0 Å². The lowest BCUT2D eigenvalue weighted by Gasteiger charge is -2.25. The molecule has 6 nitrogen and oxygen atoms in total. The van der Waals surface area contributed by atoms with E-state index in [9.17, 15) is 14.0 Å². The number of rotatable bonds is 4. The lowest BCUT2D eigenvalue weighted by atomic mass is 10.2. The summed E-state index contributed by atoms with van der Waals surface area (Å²) < 4.78 is 13.0. The van der Waals surface area contributed by atoms with Gasteiger partial charge in [-0.05, 0) is 31.0 Å². The van der Waals surface area contributed by atoms with Crippen LogP contribution in [0.2, 0.25) is 0 Å². The van der Waals surface area contributed by atoms with Crippen LogP contribution in [-0.2, 0) is 9.59 Å². The number of aliphatic carboxylic acids is 2. The number of hydrogen-bond acceptors (Lipinski definition) is 4. The van der Waals surface area contributed by atoms with Crippen molar-refractivity contribution < 1.29 is 24.2 Å². The Kier molecular flexibility index (Phi) is 7.04. The average molecular weight is 310 g/mol. The summed E-state index contributed by atoms with van der Waals surface area (Å²) >= 11 is 0. The number of benzene rings is 1. The second-order valence-electron chi connectivity index (χ2n) is 4.71. The van der Waals surface area contributed by atoms with Crippen LogP contribution in [-0.4, -0.2) is 41.3 Å². The maximum absolute atomic E-state index is 13.0. The first-order valence-electron chi connectivity index (χ1n) is 6.80. The summed E-state index contributed by atoms with van der Waals surface area (Å²) in [6.07, 6.45) is 3.38. The van der Waals surface area contributed by atoms with Gasteiger partial charge < -0.3 is 20.8 Å². The van der Waals surface area contributed by atoms with Gasteiger partial charge in [-0.25, -0.2) is 14.0 Å². The van der Waals surface area contributed by atoms with Crippen LogP contribution in [0.3, 0.4) is 0 Å². The molecule has 1 fully saturated rings. The summed E-state index contributed by atoms with van der Waals surface area (Å²) in [5.74, 6) is -2.69. The summed E-state index contributed by atoms with van der Waals surface area (Å²) in [6, 6.07) is 7.12. The van der Waals surface area contributed by atoms with Crippen molar-refractivity contribution in [1.29, 1.82) is 0 Å². The Morgan fingerprint density at radius 2 is 1.95 bits per heavy atom. The van der Waals surface area contributed by atoms with E-state index in [1.807, 2.05) is 6.07 Å². The second kappa shape index (κ2) is 8.78. The molecule has 1 aromatic carbocycles. The highest BCUT2D eigenvalue weighted by molar-refractivity contribution is 5.89. The van der Waals surface area contributed by atoms with Crippen molar-refractivity contribution in [3.63, 3.8) is 0 Å². The van der Waals surface area contributed by atoms with Crippen LogP contribution >= 0.6 is 0 Å². The summed E-state index contributed by atoms with van der Waals surface area (Å²) in [6.45, 7) is 1.64. The molecule has 1 aromatic rings. The van der Waals surface area contributed by atoms with E-state index in [0.29, 0.717) is 24.7 Å². The van der Waals surface area contributed by atoms with E-state index in [4.69, 9.17) is 15.9 Å². The molecule has 0 saturated carbocycles. The number of anilines is 1. The van der Waals surface area contributed by atoms with Gasteiger partial charge in [0.05, 0.1) is 0 Å². The molecule has 1 heterocycles. The molecule has 7 heteroatoms. The Balaban J connectivity index is 0.000000261. The van der Waals surface area contributed by atoms with Crippen LogP contribution in [0.1, 0.15) is 12.8 Å². The maximum Gasteiger partial charge on any atom is 0.328 e. The summed E-state index contributed by atoms with van der Waals surface area (Å²) in [5.41, 5.74) is 6.62. The minimum Gasteiger partial charge on any atom is -0.478 e. The van der Waals surface area contributed by atoms with Crippen LogP contribution in [0.25, 0.3) is 0 Å². The van der Waals surface area contributed by atoms with Gasteiger partial charge in [0.25, 0.3) is 0 Å². The SMILES string of the molecule is NCC1CCCN1c1cccc(F)c1.O=C(O)C=CC(=O)O. The van der Waals surface area contributed by atoms with Crippen LogP contribution in [0, 0.1) is 5.82 Å². The Labute approximate surface area is 127 Å². The van der Waals surface area contributed by atoms with Crippen molar-refractivity contribution >= 4 is 17.6 Å². The maximum atomic E-state index is 13.0. The molecule has 120 valence electrons. The molecule has 1 unspecified atom stereocenters. The predicted octanol–water partition coefficient (Wildman–Crippen LogP) is 1.46. The molecule has 4 N–H and O–H groups in total. The van der Waals surface area contributed by atoms with Gasteiger partial charge in [-0.3, -0.25) is 0 Å². The van der Waals surface area contributed by atoms with Crippen LogP contribution in [0.15, 0.2) is 36.4 Å². The number of halogens is 1. The molecule has 0 bridgehead atoms. The van der Waals surface area contributed by atoms with Crippen molar-refractivity contribution in [3.05, 3.63) is 42.2 Å². The standard InChI is InChI=1S/C11H15FN2.C4H4O4/c12-9-3-1-4-10(7-9)14-6-2-5-11(14)8-13;5-3(6)1-2-4(7)8/h1,3-4,7,11H,2,5-6,8,13H2;1-2H,(H,5,6)(H,7,8). The highest BCUT2D eigenvalue weighted by Gasteiger charge is 2.23. The van der Waals surface area contributed by atoms with Crippen molar-refractivity contribution in [1.82, 2.24) is 0 Å². The molecular formula is C15H19FN2O4. The summed E-state index contributed by atoms with van der Waals surface area (Å²) in [5, 5.41) is 15.6. The van der Waals surface area contributed by atoms with Crippen LogP contribution in [0.5, 0.6) is 0 Å². The van der Waals surface area contributed by atoms with E-state index in [0.717, 1.165) is 25.1 Å². The fourth-order valence-corrected chi connectivity index (χ4v) is 2.22. The Hall–Kier alpha value is -2.41. The monoisotopic (exact) mass is 310 g/mol. The molecule has 0 radical (unpaired) electrons. The Bertz CT molecular complexity index is 532.